The fraction of sp³-hybridized carbons (Fsp3) is 0.529. The van der Waals surface area contributed by atoms with Gasteiger partial charge in [-0.2, -0.15) is 0 Å². The van der Waals surface area contributed by atoms with Crippen molar-refractivity contribution in [3.63, 3.8) is 0 Å². The van der Waals surface area contributed by atoms with Crippen molar-refractivity contribution in [3.05, 3.63) is 48.6 Å². The van der Waals surface area contributed by atoms with Crippen molar-refractivity contribution in [1.82, 2.24) is 0 Å². The fourth-order valence-electron chi connectivity index (χ4n) is 1.14. The molecule has 0 radical (unpaired) electrons. The Kier molecular flexibility index (Phi) is 21.7. The first-order valence-corrected chi connectivity index (χ1v) is 6.30. The molecule has 0 amide bonds. The van der Waals surface area contributed by atoms with E-state index in [9.17, 15) is 0 Å². The van der Waals surface area contributed by atoms with Gasteiger partial charge in [0, 0.05) is 0 Å². The lowest BCUT2D eigenvalue weighted by Crippen LogP contribution is -1.83. The first kappa shape index (κ1) is 21.3. The Bertz CT molecular complexity index is 220. The van der Waals surface area contributed by atoms with Gasteiger partial charge in [0.2, 0.25) is 0 Å². The average molecular weight is 236 g/mol. The second kappa shape index (κ2) is 17.4. The van der Waals surface area contributed by atoms with Crippen LogP contribution < -0.4 is 0 Å². The third-order valence-electron chi connectivity index (χ3n) is 1.94. The minimum absolute atomic E-state index is 0. The van der Waals surface area contributed by atoms with E-state index in [1.165, 1.54) is 36.8 Å². The zero-order chi connectivity index (χ0) is 12.8. The summed E-state index contributed by atoms with van der Waals surface area (Å²) in [5.41, 5.74) is 2.82. The minimum atomic E-state index is 0. The molecule has 0 aliphatic carbocycles. The molecule has 0 saturated carbocycles. The van der Waals surface area contributed by atoms with Gasteiger partial charge in [0.05, 0.1) is 0 Å². The number of rotatable bonds is 3. The van der Waals surface area contributed by atoms with Gasteiger partial charge in [-0.3, -0.25) is 0 Å². The van der Waals surface area contributed by atoms with Crippen LogP contribution in [0.25, 0.3) is 0 Å². The number of hydrogen-bond acceptors (Lipinski definition) is 0. The van der Waals surface area contributed by atoms with Gasteiger partial charge < -0.3 is 0 Å². The smallest absolute Gasteiger partial charge is 0.0279 e. The van der Waals surface area contributed by atoms with Crippen LogP contribution >= 0.6 is 0 Å². The molecular formula is C17H32. The molecule has 0 saturated heterocycles. The van der Waals surface area contributed by atoms with E-state index in [1.807, 2.05) is 0 Å². The Labute approximate surface area is 110 Å². The highest BCUT2D eigenvalue weighted by molar-refractivity contribution is 5.21. The van der Waals surface area contributed by atoms with Gasteiger partial charge in [0.25, 0.3) is 0 Å². The molecule has 0 spiro atoms. The maximum atomic E-state index is 3.00. The topological polar surface area (TPSA) is 0 Å². The standard InChI is InChI=1S/C11H16.C3H8.C2H4.CH4/c1-3-4-5-11-8-6-10(2)7-9-11;1-3-2;1-2;/h6-9H,3-5H2,1-2H3;3H2,1-2H3;1-2H2;1H4. The highest BCUT2D eigenvalue weighted by Crippen LogP contribution is 2.06. The summed E-state index contributed by atoms with van der Waals surface area (Å²) < 4.78 is 0. The van der Waals surface area contributed by atoms with Crippen LogP contribution in [-0.2, 0) is 6.42 Å². The number of unbranched alkanes of at least 4 members (excludes halogenated alkanes) is 1. The summed E-state index contributed by atoms with van der Waals surface area (Å²) in [4.78, 5) is 0. The van der Waals surface area contributed by atoms with Crippen molar-refractivity contribution in [2.24, 2.45) is 0 Å². The Balaban J connectivity index is -0.000000286. The maximum absolute atomic E-state index is 3.00. The van der Waals surface area contributed by atoms with Gasteiger partial charge in [-0.15, -0.1) is 13.2 Å². The van der Waals surface area contributed by atoms with E-state index < -0.39 is 0 Å². The van der Waals surface area contributed by atoms with Crippen molar-refractivity contribution in [1.29, 1.82) is 0 Å². The molecule has 0 unspecified atom stereocenters. The van der Waals surface area contributed by atoms with Gasteiger partial charge in [0.15, 0.2) is 0 Å². The van der Waals surface area contributed by atoms with E-state index in [-0.39, 0.29) is 7.43 Å². The van der Waals surface area contributed by atoms with Crippen LogP contribution in [0.5, 0.6) is 0 Å². The van der Waals surface area contributed by atoms with E-state index in [2.05, 4.69) is 65.1 Å². The van der Waals surface area contributed by atoms with Crippen molar-refractivity contribution in [2.45, 2.75) is 60.8 Å². The summed E-state index contributed by atoms with van der Waals surface area (Å²) in [6, 6.07) is 8.83. The molecular weight excluding hydrogens is 204 g/mol. The van der Waals surface area contributed by atoms with Crippen LogP contribution in [0.2, 0.25) is 0 Å². The number of hydrogen-bond donors (Lipinski definition) is 0. The number of benzene rings is 1. The van der Waals surface area contributed by atoms with Gasteiger partial charge in [-0.05, 0) is 25.3 Å². The first-order valence-electron chi connectivity index (χ1n) is 6.30. The summed E-state index contributed by atoms with van der Waals surface area (Å²) in [5, 5.41) is 0. The Morgan fingerprint density at radius 1 is 0.941 bits per heavy atom. The van der Waals surface area contributed by atoms with E-state index >= 15 is 0 Å². The third kappa shape index (κ3) is 15.0. The molecule has 0 aromatic heterocycles. The highest BCUT2D eigenvalue weighted by Gasteiger charge is 1.90. The normalized spacial score (nSPS) is 7.76. The van der Waals surface area contributed by atoms with Crippen molar-refractivity contribution in [2.75, 3.05) is 0 Å². The molecule has 1 rings (SSSR count). The molecule has 17 heavy (non-hydrogen) atoms. The van der Waals surface area contributed by atoms with Crippen molar-refractivity contribution in [3.8, 4) is 0 Å². The van der Waals surface area contributed by atoms with Gasteiger partial charge >= 0.3 is 0 Å². The van der Waals surface area contributed by atoms with Crippen molar-refractivity contribution >= 4 is 0 Å². The summed E-state index contributed by atoms with van der Waals surface area (Å²) >= 11 is 0. The molecule has 0 atom stereocenters. The summed E-state index contributed by atoms with van der Waals surface area (Å²) in [7, 11) is 0. The molecule has 0 nitrogen and oxygen atoms in total. The number of aryl methyl sites for hydroxylation is 2. The lowest BCUT2D eigenvalue weighted by atomic mass is 10.1. The van der Waals surface area contributed by atoms with E-state index in [0.717, 1.165) is 0 Å². The van der Waals surface area contributed by atoms with Crippen LogP contribution in [0.1, 0.15) is 58.6 Å². The molecule has 0 bridgehead atoms. The van der Waals surface area contributed by atoms with Gasteiger partial charge in [-0.25, -0.2) is 0 Å². The molecule has 0 heterocycles. The van der Waals surface area contributed by atoms with Crippen LogP contribution in [-0.4, -0.2) is 0 Å². The Hall–Kier alpha value is -1.04. The summed E-state index contributed by atoms with van der Waals surface area (Å²) in [5.74, 6) is 0. The quantitative estimate of drug-likeness (QED) is 0.549. The molecule has 0 fully saturated rings. The van der Waals surface area contributed by atoms with E-state index in [0.29, 0.717) is 0 Å². The SMILES string of the molecule is C.C=C.CCC.CCCCc1ccc(C)cc1. The largest absolute Gasteiger partial charge is 0.106 e. The molecule has 1 aromatic carbocycles. The molecule has 1 aromatic rings. The monoisotopic (exact) mass is 236 g/mol. The van der Waals surface area contributed by atoms with E-state index in [4.69, 9.17) is 0 Å². The lowest BCUT2D eigenvalue weighted by molar-refractivity contribution is 0.795. The molecule has 0 aliphatic rings. The lowest BCUT2D eigenvalue weighted by Gasteiger charge is -1.99. The van der Waals surface area contributed by atoms with Gasteiger partial charge in [-0.1, -0.05) is 70.9 Å². The second-order valence-electron chi connectivity index (χ2n) is 3.80. The predicted octanol–water partition coefficient (Wildman–Crippen LogP) is 6.19. The summed E-state index contributed by atoms with van der Waals surface area (Å²) in [6.45, 7) is 14.6. The first-order chi connectivity index (χ1) is 7.74. The predicted molar refractivity (Wildman–Crippen MR) is 83.7 cm³/mol. The van der Waals surface area contributed by atoms with Crippen molar-refractivity contribution < 1.29 is 0 Å². The Morgan fingerprint density at radius 2 is 1.35 bits per heavy atom. The summed E-state index contributed by atoms with van der Waals surface area (Å²) in [6.07, 6.45) is 5.08. The average Bonchev–Trinajstić information content (AvgIpc) is 2.32. The third-order valence-corrected chi connectivity index (χ3v) is 1.94. The maximum Gasteiger partial charge on any atom is -0.0279 e. The molecule has 0 heteroatoms. The fourth-order valence-corrected chi connectivity index (χ4v) is 1.14. The van der Waals surface area contributed by atoms with Crippen LogP contribution in [0, 0.1) is 6.92 Å². The van der Waals surface area contributed by atoms with Crippen LogP contribution in [0.4, 0.5) is 0 Å². The van der Waals surface area contributed by atoms with Crippen LogP contribution in [0.15, 0.2) is 37.4 Å². The van der Waals surface area contributed by atoms with Gasteiger partial charge in [0.1, 0.15) is 0 Å². The molecule has 0 N–H and O–H groups in total. The van der Waals surface area contributed by atoms with Crippen LogP contribution in [0.3, 0.4) is 0 Å². The Morgan fingerprint density at radius 3 is 1.71 bits per heavy atom. The highest BCUT2D eigenvalue weighted by atomic mass is 14.0. The van der Waals surface area contributed by atoms with E-state index in [1.54, 1.807) is 0 Å². The second-order valence-corrected chi connectivity index (χ2v) is 3.80. The zero-order valence-corrected chi connectivity index (χ0v) is 11.6. The minimum Gasteiger partial charge on any atom is -0.106 e. The molecule has 0 aliphatic heterocycles. The zero-order valence-electron chi connectivity index (χ0n) is 11.6. The molecule has 100 valence electrons.